The van der Waals surface area contributed by atoms with Crippen LogP contribution in [0.5, 0.6) is 0 Å². The minimum atomic E-state index is 0.667. The van der Waals surface area contributed by atoms with Gasteiger partial charge in [0.25, 0.3) is 0 Å². The molecule has 2 nitrogen and oxygen atoms in total. The van der Waals surface area contributed by atoms with E-state index in [0.29, 0.717) is 6.04 Å². The molecule has 1 unspecified atom stereocenters. The van der Waals surface area contributed by atoms with Gasteiger partial charge in [-0.15, -0.1) is 0 Å². The summed E-state index contributed by atoms with van der Waals surface area (Å²) in [7, 11) is 4.38. The third-order valence-corrected chi connectivity index (χ3v) is 4.19. The van der Waals surface area contributed by atoms with Crippen molar-refractivity contribution in [3.8, 4) is 0 Å². The van der Waals surface area contributed by atoms with E-state index in [1.54, 1.807) is 0 Å². The lowest BCUT2D eigenvalue weighted by atomic mass is 9.99. The Morgan fingerprint density at radius 3 is 2.12 bits per heavy atom. The van der Waals surface area contributed by atoms with Crippen molar-refractivity contribution in [1.29, 1.82) is 0 Å². The van der Waals surface area contributed by atoms with Crippen molar-refractivity contribution in [2.24, 2.45) is 11.8 Å². The quantitative estimate of drug-likeness (QED) is 0.718. The van der Waals surface area contributed by atoms with Crippen molar-refractivity contribution in [3.05, 3.63) is 0 Å². The van der Waals surface area contributed by atoms with Crippen LogP contribution in [0.4, 0.5) is 0 Å². The third-order valence-electron chi connectivity index (χ3n) is 4.19. The molecule has 1 aliphatic carbocycles. The molecule has 1 fully saturated rings. The van der Waals surface area contributed by atoms with Crippen molar-refractivity contribution in [3.63, 3.8) is 0 Å². The Balaban J connectivity index is 2.20. The molecular formula is C15H32N2. The minimum absolute atomic E-state index is 0.667. The predicted molar refractivity (Wildman–Crippen MR) is 76.4 cm³/mol. The molecule has 2 heteroatoms. The summed E-state index contributed by atoms with van der Waals surface area (Å²) in [6, 6.07) is 0.667. The smallest absolute Gasteiger partial charge is 0.0237 e. The number of nitrogens with one attached hydrogen (secondary N) is 1. The average Bonchev–Trinajstić information content (AvgIpc) is 2.51. The second-order valence-electron chi connectivity index (χ2n) is 6.29. The van der Waals surface area contributed by atoms with Crippen LogP contribution in [0.15, 0.2) is 0 Å². The van der Waals surface area contributed by atoms with Crippen LogP contribution in [0.2, 0.25) is 0 Å². The molecule has 1 aliphatic rings. The number of hydrogen-bond acceptors (Lipinski definition) is 2. The fourth-order valence-electron chi connectivity index (χ4n) is 3.02. The van der Waals surface area contributed by atoms with Gasteiger partial charge in [0.15, 0.2) is 0 Å². The average molecular weight is 240 g/mol. The summed E-state index contributed by atoms with van der Waals surface area (Å²) in [6.07, 6.45) is 8.72. The molecule has 0 aromatic heterocycles. The van der Waals surface area contributed by atoms with Crippen LogP contribution in [0.1, 0.15) is 52.4 Å². The highest BCUT2D eigenvalue weighted by Gasteiger charge is 2.16. The van der Waals surface area contributed by atoms with Gasteiger partial charge < -0.3 is 10.2 Å². The summed E-state index contributed by atoms with van der Waals surface area (Å²) in [4.78, 5) is 2.35. The molecule has 102 valence electrons. The minimum Gasteiger partial charge on any atom is -0.315 e. The zero-order chi connectivity index (χ0) is 12.7. The van der Waals surface area contributed by atoms with Crippen molar-refractivity contribution < 1.29 is 0 Å². The van der Waals surface area contributed by atoms with Crippen LogP contribution < -0.4 is 5.32 Å². The Labute approximate surface area is 108 Å². The second-order valence-corrected chi connectivity index (χ2v) is 6.29. The summed E-state index contributed by atoms with van der Waals surface area (Å²) >= 11 is 0. The van der Waals surface area contributed by atoms with Gasteiger partial charge in [-0.05, 0) is 45.3 Å². The van der Waals surface area contributed by atoms with E-state index in [4.69, 9.17) is 0 Å². The van der Waals surface area contributed by atoms with E-state index in [1.807, 2.05) is 0 Å². The predicted octanol–water partition coefficient (Wildman–Crippen LogP) is 3.13. The topological polar surface area (TPSA) is 15.3 Å². The zero-order valence-corrected chi connectivity index (χ0v) is 12.3. The maximum absolute atomic E-state index is 3.70. The molecule has 0 heterocycles. The first-order chi connectivity index (χ1) is 8.11. The monoisotopic (exact) mass is 240 g/mol. The zero-order valence-electron chi connectivity index (χ0n) is 12.3. The second kappa shape index (κ2) is 8.10. The van der Waals surface area contributed by atoms with E-state index in [1.165, 1.54) is 45.1 Å². The van der Waals surface area contributed by atoms with Gasteiger partial charge >= 0.3 is 0 Å². The maximum Gasteiger partial charge on any atom is 0.0237 e. The van der Waals surface area contributed by atoms with Gasteiger partial charge in [0, 0.05) is 12.6 Å². The van der Waals surface area contributed by atoms with E-state index >= 15 is 0 Å². The summed E-state index contributed by atoms with van der Waals surface area (Å²) in [5.41, 5.74) is 0. The maximum atomic E-state index is 3.70. The Kier molecular flexibility index (Phi) is 7.14. The van der Waals surface area contributed by atoms with E-state index in [9.17, 15) is 0 Å². The summed E-state index contributed by atoms with van der Waals surface area (Å²) in [5, 5.41) is 3.70. The van der Waals surface area contributed by atoms with E-state index in [0.717, 1.165) is 18.4 Å². The van der Waals surface area contributed by atoms with E-state index < -0.39 is 0 Å². The number of nitrogens with zero attached hydrogens (tertiary/aromatic N) is 1. The number of likely N-dealkylation sites (N-methyl/N-ethyl adjacent to an activating group) is 1. The summed E-state index contributed by atoms with van der Waals surface area (Å²) in [6.45, 7) is 7.01. The van der Waals surface area contributed by atoms with Crippen LogP contribution in [-0.2, 0) is 0 Å². The van der Waals surface area contributed by atoms with Crippen molar-refractivity contribution >= 4 is 0 Å². The van der Waals surface area contributed by atoms with Gasteiger partial charge in [-0.2, -0.15) is 0 Å². The highest BCUT2D eigenvalue weighted by Crippen LogP contribution is 2.22. The largest absolute Gasteiger partial charge is 0.315 e. The van der Waals surface area contributed by atoms with Crippen molar-refractivity contribution in [2.75, 3.05) is 27.2 Å². The highest BCUT2D eigenvalue weighted by atomic mass is 15.1. The van der Waals surface area contributed by atoms with Gasteiger partial charge in [-0.25, -0.2) is 0 Å². The number of hydrogen-bond donors (Lipinski definition) is 1. The van der Waals surface area contributed by atoms with E-state index in [-0.39, 0.29) is 0 Å². The van der Waals surface area contributed by atoms with Gasteiger partial charge in [-0.3, -0.25) is 0 Å². The fraction of sp³-hybridized carbons (Fsp3) is 1.00. The van der Waals surface area contributed by atoms with Crippen LogP contribution in [0, 0.1) is 11.8 Å². The van der Waals surface area contributed by atoms with Gasteiger partial charge in [-0.1, -0.05) is 39.5 Å². The normalized spacial score (nSPS) is 20.8. The Hall–Kier alpha value is -0.0800. The first-order valence-corrected chi connectivity index (χ1v) is 7.48. The molecule has 0 aromatic carbocycles. The van der Waals surface area contributed by atoms with Crippen molar-refractivity contribution in [2.45, 2.75) is 58.4 Å². The molecular weight excluding hydrogens is 208 g/mol. The standard InChI is InChI=1S/C15H32N2/c1-13(2)15(17(3)4)12-16-11-14-9-7-5-6-8-10-14/h13-16H,5-12H2,1-4H3. The van der Waals surface area contributed by atoms with Gasteiger partial charge in [0.05, 0.1) is 0 Å². The molecule has 0 amide bonds. The molecule has 1 saturated carbocycles. The lowest BCUT2D eigenvalue weighted by Crippen LogP contribution is -2.42. The van der Waals surface area contributed by atoms with Crippen LogP contribution in [-0.4, -0.2) is 38.1 Å². The molecule has 0 aromatic rings. The van der Waals surface area contributed by atoms with Crippen LogP contribution in [0.3, 0.4) is 0 Å². The molecule has 0 spiro atoms. The SMILES string of the molecule is CC(C)C(CNCC1CCCCCC1)N(C)C. The van der Waals surface area contributed by atoms with Crippen LogP contribution >= 0.6 is 0 Å². The molecule has 0 aliphatic heterocycles. The first-order valence-electron chi connectivity index (χ1n) is 7.48. The van der Waals surface area contributed by atoms with Crippen molar-refractivity contribution in [1.82, 2.24) is 10.2 Å². The Morgan fingerprint density at radius 2 is 1.65 bits per heavy atom. The summed E-state index contributed by atoms with van der Waals surface area (Å²) in [5.74, 6) is 1.67. The summed E-state index contributed by atoms with van der Waals surface area (Å²) < 4.78 is 0. The van der Waals surface area contributed by atoms with Crippen LogP contribution in [0.25, 0.3) is 0 Å². The molecule has 17 heavy (non-hydrogen) atoms. The highest BCUT2D eigenvalue weighted by molar-refractivity contribution is 4.74. The van der Waals surface area contributed by atoms with E-state index in [2.05, 4.69) is 38.2 Å². The molecule has 1 N–H and O–H groups in total. The molecule has 0 saturated heterocycles. The molecule has 1 atom stereocenters. The third kappa shape index (κ3) is 5.87. The Bertz CT molecular complexity index is 173. The Morgan fingerprint density at radius 1 is 1.06 bits per heavy atom. The van der Waals surface area contributed by atoms with Gasteiger partial charge in [0.1, 0.15) is 0 Å². The molecule has 1 rings (SSSR count). The number of rotatable bonds is 6. The lowest BCUT2D eigenvalue weighted by Gasteiger charge is -2.29. The first kappa shape index (κ1) is 15.0. The van der Waals surface area contributed by atoms with Gasteiger partial charge in [0.2, 0.25) is 0 Å². The molecule has 0 bridgehead atoms. The molecule has 0 radical (unpaired) electrons. The fourth-order valence-corrected chi connectivity index (χ4v) is 3.02. The lowest BCUT2D eigenvalue weighted by molar-refractivity contribution is 0.220.